The van der Waals surface area contributed by atoms with Crippen LogP contribution in [-0.2, 0) is 17.8 Å². The molecule has 1 aromatic heterocycles. The highest BCUT2D eigenvalue weighted by Gasteiger charge is 2.30. The van der Waals surface area contributed by atoms with Crippen molar-refractivity contribution in [3.8, 4) is 16.9 Å². The molecule has 0 fully saturated rings. The molecule has 7 nitrogen and oxygen atoms in total. The molecule has 0 bridgehead atoms. The molecular weight excluding hydrogens is 478 g/mol. The molecule has 1 heterocycles. The Bertz CT molecular complexity index is 1340. The number of nitrogens with zero attached hydrogens (tertiary/aromatic N) is 3. The van der Waals surface area contributed by atoms with Crippen LogP contribution in [0.1, 0.15) is 17.7 Å². The number of alkyl halides is 3. The smallest absolute Gasteiger partial charge is 0.406 e. The van der Waals surface area contributed by atoms with Gasteiger partial charge in [0.1, 0.15) is 11.6 Å². The lowest BCUT2D eigenvalue weighted by Gasteiger charge is -2.10. The molecule has 36 heavy (non-hydrogen) atoms. The first-order valence-corrected chi connectivity index (χ1v) is 10.8. The van der Waals surface area contributed by atoms with Crippen molar-refractivity contribution in [2.24, 2.45) is 0 Å². The van der Waals surface area contributed by atoms with Crippen molar-refractivity contribution in [2.75, 3.05) is 11.1 Å². The molecule has 0 unspecified atom stereocenters. The molecule has 4 rings (SSSR count). The number of carbonyl (C=O) groups excluding carboxylic acids is 1. The van der Waals surface area contributed by atoms with Gasteiger partial charge in [0.25, 0.3) is 0 Å². The van der Waals surface area contributed by atoms with Gasteiger partial charge in [-0.2, -0.15) is 0 Å². The Labute approximate surface area is 203 Å². The van der Waals surface area contributed by atoms with Crippen LogP contribution in [0.3, 0.4) is 0 Å². The van der Waals surface area contributed by atoms with Crippen LogP contribution in [0.4, 0.5) is 28.9 Å². The second-order valence-corrected chi connectivity index (χ2v) is 7.96. The SMILES string of the molecule is Nc1ccc(-c2ccc(F)cc2)cc1NC(=O)CCc1cn(Cc2ccc(OC(F)(F)F)cc2)nn1. The van der Waals surface area contributed by atoms with Crippen molar-refractivity contribution >= 4 is 17.3 Å². The van der Waals surface area contributed by atoms with E-state index in [-0.39, 0.29) is 30.4 Å². The van der Waals surface area contributed by atoms with E-state index in [9.17, 15) is 22.4 Å². The molecule has 0 aliphatic carbocycles. The molecule has 4 aromatic rings. The first-order chi connectivity index (χ1) is 17.1. The van der Waals surface area contributed by atoms with Gasteiger partial charge in [-0.15, -0.1) is 18.3 Å². The Morgan fingerprint density at radius 3 is 2.39 bits per heavy atom. The summed E-state index contributed by atoms with van der Waals surface area (Å²) in [5.74, 6) is -0.916. The molecule has 0 saturated heterocycles. The monoisotopic (exact) mass is 499 g/mol. The minimum absolute atomic E-state index is 0.127. The minimum atomic E-state index is -4.74. The van der Waals surface area contributed by atoms with E-state index in [1.165, 1.54) is 41.1 Å². The third-order valence-electron chi connectivity index (χ3n) is 5.20. The van der Waals surface area contributed by atoms with E-state index in [1.807, 2.05) is 0 Å². The number of rotatable bonds is 8. The van der Waals surface area contributed by atoms with E-state index in [0.29, 0.717) is 29.1 Å². The molecule has 0 spiro atoms. The van der Waals surface area contributed by atoms with Crippen LogP contribution in [0.5, 0.6) is 5.75 Å². The van der Waals surface area contributed by atoms with Gasteiger partial charge in [-0.05, 0) is 53.1 Å². The van der Waals surface area contributed by atoms with Gasteiger partial charge in [0.05, 0.1) is 23.6 Å². The van der Waals surface area contributed by atoms with Crippen molar-refractivity contribution in [1.29, 1.82) is 0 Å². The van der Waals surface area contributed by atoms with Crippen molar-refractivity contribution in [1.82, 2.24) is 15.0 Å². The lowest BCUT2D eigenvalue weighted by Crippen LogP contribution is -2.17. The van der Waals surface area contributed by atoms with E-state index >= 15 is 0 Å². The Morgan fingerprint density at radius 1 is 1.00 bits per heavy atom. The minimum Gasteiger partial charge on any atom is -0.406 e. The zero-order valence-corrected chi connectivity index (χ0v) is 18.8. The molecule has 0 saturated carbocycles. The lowest BCUT2D eigenvalue weighted by molar-refractivity contribution is -0.274. The second kappa shape index (κ2) is 10.5. The summed E-state index contributed by atoms with van der Waals surface area (Å²) in [4.78, 5) is 12.5. The first-order valence-electron chi connectivity index (χ1n) is 10.8. The fourth-order valence-corrected chi connectivity index (χ4v) is 3.45. The Morgan fingerprint density at radius 2 is 1.69 bits per heavy atom. The zero-order chi connectivity index (χ0) is 25.7. The number of carbonyl (C=O) groups is 1. The number of aromatic nitrogens is 3. The number of hydrogen-bond acceptors (Lipinski definition) is 5. The van der Waals surface area contributed by atoms with Crippen molar-refractivity contribution in [3.63, 3.8) is 0 Å². The number of nitrogens with one attached hydrogen (secondary N) is 1. The Kier molecular flexibility index (Phi) is 7.18. The molecule has 3 aromatic carbocycles. The summed E-state index contributed by atoms with van der Waals surface area (Å²) < 4.78 is 55.4. The van der Waals surface area contributed by atoms with Gasteiger partial charge in [-0.3, -0.25) is 4.79 Å². The van der Waals surface area contributed by atoms with Gasteiger partial charge in [0.2, 0.25) is 5.91 Å². The van der Waals surface area contributed by atoms with E-state index in [4.69, 9.17) is 5.73 Å². The molecule has 11 heteroatoms. The molecule has 0 radical (unpaired) electrons. The number of ether oxygens (including phenoxy) is 1. The number of anilines is 2. The second-order valence-electron chi connectivity index (χ2n) is 7.96. The average molecular weight is 499 g/mol. The number of nitrogens with two attached hydrogens (primary N) is 1. The van der Waals surface area contributed by atoms with Crippen LogP contribution in [-0.4, -0.2) is 27.3 Å². The summed E-state index contributed by atoms with van der Waals surface area (Å²) in [5, 5.41) is 10.8. The van der Waals surface area contributed by atoms with Crippen molar-refractivity contribution < 1.29 is 27.1 Å². The predicted octanol–water partition coefficient (Wildman–Crippen LogP) is 5.18. The molecular formula is C25H21F4N5O2. The fourth-order valence-electron chi connectivity index (χ4n) is 3.45. The van der Waals surface area contributed by atoms with E-state index in [1.54, 1.807) is 36.5 Å². The number of nitrogen functional groups attached to an aromatic ring is 1. The summed E-state index contributed by atoms with van der Waals surface area (Å²) in [5.41, 5.74) is 9.69. The third-order valence-corrected chi connectivity index (χ3v) is 5.20. The van der Waals surface area contributed by atoms with Gasteiger partial charge in [-0.25, -0.2) is 9.07 Å². The molecule has 186 valence electrons. The highest BCUT2D eigenvalue weighted by molar-refractivity contribution is 5.95. The molecule has 0 aliphatic heterocycles. The number of benzene rings is 3. The van der Waals surface area contributed by atoms with Crippen LogP contribution in [0.25, 0.3) is 11.1 Å². The van der Waals surface area contributed by atoms with Crippen LogP contribution >= 0.6 is 0 Å². The molecule has 0 aliphatic rings. The Hall–Kier alpha value is -4.41. The summed E-state index contributed by atoms with van der Waals surface area (Å²) in [7, 11) is 0. The van der Waals surface area contributed by atoms with Gasteiger partial charge in [0.15, 0.2) is 0 Å². The highest BCUT2D eigenvalue weighted by Crippen LogP contribution is 2.28. The van der Waals surface area contributed by atoms with Crippen LogP contribution < -0.4 is 15.8 Å². The van der Waals surface area contributed by atoms with Gasteiger partial charge < -0.3 is 15.8 Å². The normalized spacial score (nSPS) is 11.3. The highest BCUT2D eigenvalue weighted by atomic mass is 19.4. The standard InChI is InChI=1S/C25H21F4N5O2/c26-19-6-3-17(4-7-19)18-5-11-22(30)23(13-18)31-24(35)12-8-20-15-34(33-32-20)14-16-1-9-21(10-2-16)36-25(27,28)29/h1-7,9-11,13,15H,8,12,14,30H2,(H,31,35). The lowest BCUT2D eigenvalue weighted by atomic mass is 10.0. The van der Waals surface area contributed by atoms with Gasteiger partial charge in [0, 0.05) is 19.0 Å². The number of amides is 1. The summed E-state index contributed by atoms with van der Waals surface area (Å²) in [6.07, 6.45) is -2.63. The fraction of sp³-hybridized carbons (Fsp3) is 0.160. The van der Waals surface area contributed by atoms with Crippen LogP contribution in [0.15, 0.2) is 72.9 Å². The maximum atomic E-state index is 13.2. The van der Waals surface area contributed by atoms with Gasteiger partial charge >= 0.3 is 6.36 Å². The molecule has 0 atom stereocenters. The quantitative estimate of drug-likeness (QED) is 0.257. The largest absolute Gasteiger partial charge is 0.573 e. The van der Waals surface area contributed by atoms with Crippen LogP contribution in [0.2, 0.25) is 0 Å². The van der Waals surface area contributed by atoms with Crippen molar-refractivity contribution in [2.45, 2.75) is 25.7 Å². The maximum Gasteiger partial charge on any atom is 0.573 e. The number of aryl methyl sites for hydroxylation is 1. The van der Waals surface area contributed by atoms with E-state index < -0.39 is 6.36 Å². The third kappa shape index (κ3) is 6.81. The number of halogens is 4. The summed E-state index contributed by atoms with van der Waals surface area (Å²) in [6, 6.07) is 16.6. The van der Waals surface area contributed by atoms with Crippen LogP contribution in [0, 0.1) is 5.82 Å². The van der Waals surface area contributed by atoms with Gasteiger partial charge in [-0.1, -0.05) is 35.5 Å². The first kappa shape index (κ1) is 24.7. The van der Waals surface area contributed by atoms with Crippen molar-refractivity contribution in [3.05, 3.63) is 90.0 Å². The van der Waals surface area contributed by atoms with E-state index in [2.05, 4.69) is 20.4 Å². The topological polar surface area (TPSA) is 95.1 Å². The number of hydrogen-bond donors (Lipinski definition) is 2. The molecule has 1 amide bonds. The maximum absolute atomic E-state index is 13.2. The predicted molar refractivity (Wildman–Crippen MR) is 125 cm³/mol. The Balaban J connectivity index is 1.31. The zero-order valence-electron chi connectivity index (χ0n) is 18.8. The summed E-state index contributed by atoms with van der Waals surface area (Å²) >= 11 is 0. The molecule has 3 N–H and O–H groups in total. The van der Waals surface area contributed by atoms with E-state index in [0.717, 1.165) is 11.1 Å². The summed E-state index contributed by atoms with van der Waals surface area (Å²) in [6.45, 7) is 0.290. The average Bonchev–Trinajstić information content (AvgIpc) is 3.27.